The second-order valence-electron chi connectivity index (χ2n) is 6.68. The molecule has 0 bridgehead atoms. The quantitative estimate of drug-likeness (QED) is 0.541. The third-order valence-corrected chi connectivity index (χ3v) is 7.22. The zero-order chi connectivity index (χ0) is 21.1. The molecule has 0 aliphatic rings. The Kier molecular flexibility index (Phi) is 6.47. The number of amides is 1. The molecule has 29 heavy (non-hydrogen) atoms. The molecule has 0 spiro atoms. The van der Waals surface area contributed by atoms with Crippen LogP contribution in [-0.2, 0) is 6.54 Å². The Labute approximate surface area is 171 Å². The van der Waals surface area contributed by atoms with E-state index < -0.39 is 33.5 Å². The molecular weight excluding hydrogens is 443 g/mol. The summed E-state index contributed by atoms with van der Waals surface area (Å²) in [6, 6.07) is 1.77. The third kappa shape index (κ3) is 4.56. The van der Waals surface area contributed by atoms with Gasteiger partial charge in [-0.15, -0.1) is 0 Å². The Bertz CT molecular complexity index is 1040. The Balaban J connectivity index is 2.05. The van der Waals surface area contributed by atoms with Gasteiger partial charge < -0.3 is 0 Å². The van der Waals surface area contributed by atoms with Crippen molar-refractivity contribution in [2.24, 2.45) is 0 Å². The normalized spacial score (nSPS) is 11.4. The van der Waals surface area contributed by atoms with Gasteiger partial charge in [0.2, 0.25) is 0 Å². The molecular formula is C19H22AsF2N5O2. The maximum atomic E-state index is 12.5. The fourth-order valence-corrected chi connectivity index (χ4v) is 5.34. The molecule has 0 unspecified atom stereocenters. The molecule has 3 rings (SSSR count). The van der Waals surface area contributed by atoms with Gasteiger partial charge in [0.05, 0.1) is 0 Å². The average molecular weight is 465 g/mol. The van der Waals surface area contributed by atoms with Crippen molar-refractivity contribution in [3.63, 3.8) is 0 Å². The fourth-order valence-electron chi connectivity index (χ4n) is 3.07. The van der Waals surface area contributed by atoms with Gasteiger partial charge in [-0.2, -0.15) is 0 Å². The monoisotopic (exact) mass is 465 g/mol. The van der Waals surface area contributed by atoms with Gasteiger partial charge in [-0.25, -0.2) is 0 Å². The van der Waals surface area contributed by atoms with E-state index in [1.165, 1.54) is 13.3 Å². The van der Waals surface area contributed by atoms with E-state index in [2.05, 4.69) is 31.7 Å². The summed E-state index contributed by atoms with van der Waals surface area (Å²) in [6.45, 7) is 1.69. The van der Waals surface area contributed by atoms with Crippen LogP contribution in [0.1, 0.15) is 21.6 Å². The maximum absolute atomic E-state index is 12.5. The van der Waals surface area contributed by atoms with E-state index in [9.17, 15) is 13.6 Å². The van der Waals surface area contributed by atoms with Crippen molar-refractivity contribution >= 4 is 36.1 Å². The minimum absolute atomic E-state index is 0.230. The van der Waals surface area contributed by atoms with Gasteiger partial charge in [0.25, 0.3) is 0 Å². The number of alkyl halides is 2. The molecule has 154 valence electrons. The van der Waals surface area contributed by atoms with Crippen LogP contribution in [0.25, 0.3) is 11.0 Å². The molecule has 0 saturated carbocycles. The number of rotatable bonds is 7. The Morgan fingerprint density at radius 3 is 2.72 bits per heavy atom. The average Bonchev–Trinajstić information content (AvgIpc) is 3.05. The van der Waals surface area contributed by atoms with Crippen molar-refractivity contribution in [2.75, 3.05) is 13.7 Å². The summed E-state index contributed by atoms with van der Waals surface area (Å²) in [7, 11) is 1.53. The summed E-state index contributed by atoms with van der Waals surface area (Å²) in [4.78, 5) is 25.6. The SMILES string of the molecule is COc1cnc2c(C(=O)NCC(F)F)cn(Cc3ncnc([As](C)C)c3C)c2c1. The Morgan fingerprint density at radius 1 is 1.31 bits per heavy atom. The topological polar surface area (TPSA) is 81.9 Å². The minimum atomic E-state index is -2.62. The first-order chi connectivity index (χ1) is 13.8. The zero-order valence-electron chi connectivity index (χ0n) is 16.6. The first-order valence-corrected chi connectivity index (χ1v) is 13.6. The molecule has 10 heteroatoms. The van der Waals surface area contributed by atoms with E-state index >= 15 is 0 Å². The predicted octanol–water partition coefficient (Wildman–Crippen LogP) is 2.15. The van der Waals surface area contributed by atoms with Crippen LogP contribution in [0.2, 0.25) is 11.4 Å². The van der Waals surface area contributed by atoms with Crippen LogP contribution in [0, 0.1) is 6.92 Å². The molecule has 0 aromatic carbocycles. The van der Waals surface area contributed by atoms with Crippen LogP contribution in [0.15, 0.2) is 24.8 Å². The summed E-state index contributed by atoms with van der Waals surface area (Å²) in [5.74, 6) is -0.0618. The number of carbonyl (C=O) groups is 1. The molecule has 0 fully saturated rings. The third-order valence-electron chi connectivity index (χ3n) is 4.49. The number of nitrogens with zero attached hydrogens (tertiary/aromatic N) is 4. The van der Waals surface area contributed by atoms with E-state index in [-0.39, 0.29) is 5.56 Å². The molecule has 1 amide bonds. The van der Waals surface area contributed by atoms with Crippen LogP contribution >= 0.6 is 0 Å². The number of hydrogen-bond donors (Lipinski definition) is 1. The van der Waals surface area contributed by atoms with Crippen molar-refractivity contribution in [3.05, 3.63) is 41.6 Å². The van der Waals surface area contributed by atoms with Gasteiger partial charge >= 0.3 is 172 Å². The fraction of sp³-hybridized carbons (Fsp3) is 0.368. The zero-order valence-corrected chi connectivity index (χ0v) is 18.5. The van der Waals surface area contributed by atoms with Crippen molar-refractivity contribution in [2.45, 2.75) is 31.3 Å². The first kappa shape index (κ1) is 21.2. The molecule has 3 aromatic heterocycles. The molecule has 7 nitrogen and oxygen atoms in total. The van der Waals surface area contributed by atoms with Crippen molar-refractivity contribution in [1.82, 2.24) is 24.8 Å². The number of ether oxygens (including phenoxy) is 1. The number of fused-ring (bicyclic) bond motifs is 1. The summed E-state index contributed by atoms with van der Waals surface area (Å²) in [6.07, 6.45) is 2.05. The Morgan fingerprint density at radius 2 is 2.07 bits per heavy atom. The second kappa shape index (κ2) is 8.86. The summed E-state index contributed by atoms with van der Waals surface area (Å²) < 4.78 is 33.2. The molecule has 0 aliphatic carbocycles. The van der Waals surface area contributed by atoms with Crippen LogP contribution in [-0.4, -0.2) is 60.2 Å². The van der Waals surface area contributed by atoms with E-state index in [1.807, 2.05) is 11.5 Å². The first-order valence-electron chi connectivity index (χ1n) is 8.88. The predicted molar refractivity (Wildman–Crippen MR) is 108 cm³/mol. The Hall–Kier alpha value is -2.54. The van der Waals surface area contributed by atoms with Gasteiger partial charge in [-0.1, -0.05) is 0 Å². The standard InChI is InChI=1S/C19H22AsF2N5O2/c1-11-14(25-10-26-18(11)20(2)3)9-27-8-13(19(28)24-7-16(21)22)17-15(27)5-12(29-4)6-23-17/h5-6,8,10,16H,7,9H2,1-4H3,(H,24,28). The second-order valence-corrected chi connectivity index (χ2v) is 11.3. The van der Waals surface area contributed by atoms with Crippen LogP contribution in [0.5, 0.6) is 5.75 Å². The number of aromatic nitrogens is 4. The number of pyridine rings is 1. The number of methoxy groups -OCH3 is 1. The van der Waals surface area contributed by atoms with Gasteiger partial charge in [-0.05, 0) is 0 Å². The van der Waals surface area contributed by atoms with Crippen LogP contribution < -0.4 is 14.5 Å². The van der Waals surface area contributed by atoms with Gasteiger partial charge in [0.15, 0.2) is 0 Å². The van der Waals surface area contributed by atoms with E-state index in [1.54, 1.807) is 18.6 Å². The molecule has 0 atom stereocenters. The van der Waals surface area contributed by atoms with Crippen molar-refractivity contribution in [1.29, 1.82) is 0 Å². The van der Waals surface area contributed by atoms with Crippen LogP contribution in [0.3, 0.4) is 0 Å². The number of halogens is 2. The van der Waals surface area contributed by atoms with Crippen molar-refractivity contribution in [3.8, 4) is 5.75 Å². The molecule has 0 radical (unpaired) electrons. The molecule has 0 saturated heterocycles. The number of hydrogen-bond acceptors (Lipinski definition) is 5. The molecule has 0 aliphatic heterocycles. The van der Waals surface area contributed by atoms with Crippen molar-refractivity contribution < 1.29 is 18.3 Å². The summed E-state index contributed by atoms with van der Waals surface area (Å²) in [5, 5.41) is 2.24. The number of nitrogens with one attached hydrogen (secondary N) is 1. The number of carbonyl (C=O) groups excluding carboxylic acids is 1. The molecule has 3 heterocycles. The molecule has 1 N–H and O–H groups in total. The van der Waals surface area contributed by atoms with E-state index in [0.717, 1.165) is 15.7 Å². The van der Waals surface area contributed by atoms with E-state index in [4.69, 9.17) is 4.74 Å². The summed E-state index contributed by atoms with van der Waals surface area (Å²) >= 11 is -1.19. The van der Waals surface area contributed by atoms with E-state index in [0.29, 0.717) is 23.3 Å². The van der Waals surface area contributed by atoms with Gasteiger partial charge in [0.1, 0.15) is 0 Å². The van der Waals surface area contributed by atoms with Gasteiger partial charge in [-0.3, -0.25) is 0 Å². The van der Waals surface area contributed by atoms with Crippen LogP contribution in [0.4, 0.5) is 8.78 Å². The summed E-state index contributed by atoms with van der Waals surface area (Å²) in [5.41, 5.74) is 7.61. The van der Waals surface area contributed by atoms with Gasteiger partial charge in [0, 0.05) is 0 Å². The molecule has 3 aromatic rings.